The summed E-state index contributed by atoms with van der Waals surface area (Å²) >= 11 is 0. The van der Waals surface area contributed by atoms with E-state index in [2.05, 4.69) is 36.6 Å². The number of pyridine rings is 1. The minimum atomic E-state index is -0.675. The number of carbonyl (C=O) groups excluding carboxylic acids is 2. The number of hydrogen-bond donors (Lipinski definition) is 3. The maximum atomic E-state index is 12.0. The Morgan fingerprint density at radius 3 is 2.13 bits per heavy atom. The molecular weight excluding hydrogens is 294 g/mol. The topological polar surface area (TPSA) is 91.1 Å². The Kier molecular flexibility index (Phi) is 4.64. The number of H-pyrrole nitrogens is 1. The van der Waals surface area contributed by atoms with Gasteiger partial charge < -0.3 is 4.98 Å². The van der Waals surface area contributed by atoms with Gasteiger partial charge in [0, 0.05) is 11.8 Å². The van der Waals surface area contributed by atoms with E-state index in [4.69, 9.17) is 0 Å². The average molecular weight is 313 g/mol. The van der Waals surface area contributed by atoms with E-state index in [1.807, 2.05) is 12.1 Å². The maximum absolute atomic E-state index is 12.0. The summed E-state index contributed by atoms with van der Waals surface area (Å²) < 4.78 is 0. The zero-order chi connectivity index (χ0) is 17.0. The lowest BCUT2D eigenvalue weighted by Gasteiger charge is -2.19. The molecule has 2 aromatic rings. The van der Waals surface area contributed by atoms with E-state index in [1.165, 1.54) is 18.3 Å². The highest BCUT2D eigenvalue weighted by Crippen LogP contribution is 2.22. The van der Waals surface area contributed by atoms with Crippen LogP contribution in [0.4, 0.5) is 0 Å². The lowest BCUT2D eigenvalue weighted by Crippen LogP contribution is -2.43. The van der Waals surface area contributed by atoms with Crippen molar-refractivity contribution in [2.45, 2.75) is 26.2 Å². The van der Waals surface area contributed by atoms with Crippen LogP contribution in [0.2, 0.25) is 0 Å². The highest BCUT2D eigenvalue weighted by atomic mass is 16.2. The Balaban J connectivity index is 2.01. The Labute approximate surface area is 133 Å². The third kappa shape index (κ3) is 4.06. The Morgan fingerprint density at radius 2 is 1.57 bits per heavy atom. The van der Waals surface area contributed by atoms with E-state index in [9.17, 15) is 14.4 Å². The van der Waals surface area contributed by atoms with E-state index in [0.29, 0.717) is 5.56 Å². The first-order chi connectivity index (χ1) is 10.8. The summed E-state index contributed by atoms with van der Waals surface area (Å²) in [6.07, 6.45) is 1.43. The van der Waals surface area contributed by atoms with E-state index in [0.717, 1.165) is 5.56 Å². The van der Waals surface area contributed by atoms with Crippen LogP contribution in [0.3, 0.4) is 0 Å². The minimum absolute atomic E-state index is 0.00242. The first-order valence-corrected chi connectivity index (χ1v) is 7.18. The van der Waals surface area contributed by atoms with Gasteiger partial charge in [0.25, 0.3) is 17.4 Å². The van der Waals surface area contributed by atoms with Crippen molar-refractivity contribution in [2.75, 3.05) is 0 Å². The molecule has 0 aliphatic rings. The van der Waals surface area contributed by atoms with E-state index in [1.54, 1.807) is 12.1 Å². The highest BCUT2D eigenvalue weighted by molar-refractivity contribution is 5.98. The number of aromatic amines is 1. The number of aromatic nitrogens is 1. The van der Waals surface area contributed by atoms with Crippen LogP contribution in [0.15, 0.2) is 47.4 Å². The molecule has 2 amide bonds. The number of nitrogens with one attached hydrogen (secondary N) is 3. The number of rotatable bonds is 2. The second-order valence-corrected chi connectivity index (χ2v) is 6.15. The molecule has 1 aromatic heterocycles. The molecule has 0 bridgehead atoms. The SMILES string of the molecule is CC(C)(C)c1ccc(C(=O)NNC(=O)c2ccc[nH]c2=O)cc1. The third-order valence-electron chi connectivity index (χ3n) is 3.37. The normalized spacial score (nSPS) is 10.9. The Bertz CT molecular complexity index is 771. The highest BCUT2D eigenvalue weighted by Gasteiger charge is 2.15. The summed E-state index contributed by atoms with van der Waals surface area (Å²) in [6.45, 7) is 6.25. The van der Waals surface area contributed by atoms with Gasteiger partial charge in [-0.25, -0.2) is 0 Å². The molecule has 3 N–H and O–H groups in total. The van der Waals surface area contributed by atoms with Crippen molar-refractivity contribution in [2.24, 2.45) is 0 Å². The van der Waals surface area contributed by atoms with Crippen molar-refractivity contribution in [3.8, 4) is 0 Å². The van der Waals surface area contributed by atoms with Gasteiger partial charge in [0.2, 0.25) is 0 Å². The molecule has 0 fully saturated rings. The fourth-order valence-electron chi connectivity index (χ4n) is 1.98. The molecular formula is C17H19N3O3. The standard InChI is InChI=1S/C17H19N3O3/c1-17(2,3)12-8-6-11(7-9-12)14(21)19-20-16(23)13-5-4-10-18-15(13)22/h4-10H,1-3H3,(H,18,22)(H,19,21)(H,20,23). The fraction of sp³-hybridized carbons (Fsp3) is 0.235. The van der Waals surface area contributed by atoms with Gasteiger partial charge in [0.15, 0.2) is 0 Å². The molecule has 0 aliphatic carbocycles. The summed E-state index contributed by atoms with van der Waals surface area (Å²) in [4.78, 5) is 37.7. The van der Waals surface area contributed by atoms with Crippen molar-refractivity contribution < 1.29 is 9.59 Å². The molecule has 0 saturated heterocycles. The molecule has 6 heteroatoms. The van der Waals surface area contributed by atoms with Crippen molar-refractivity contribution in [1.29, 1.82) is 0 Å². The van der Waals surface area contributed by atoms with Gasteiger partial charge >= 0.3 is 0 Å². The van der Waals surface area contributed by atoms with Gasteiger partial charge in [-0.3, -0.25) is 25.2 Å². The van der Waals surface area contributed by atoms with Gasteiger partial charge in [-0.1, -0.05) is 32.9 Å². The van der Waals surface area contributed by atoms with Gasteiger partial charge in [-0.05, 0) is 35.2 Å². The predicted octanol–water partition coefficient (Wildman–Crippen LogP) is 1.75. The van der Waals surface area contributed by atoms with Crippen LogP contribution in [0.25, 0.3) is 0 Å². The van der Waals surface area contributed by atoms with Crippen LogP contribution >= 0.6 is 0 Å². The number of amides is 2. The quantitative estimate of drug-likeness (QED) is 0.738. The zero-order valence-corrected chi connectivity index (χ0v) is 13.3. The van der Waals surface area contributed by atoms with Gasteiger partial charge in [0.1, 0.15) is 5.56 Å². The molecule has 1 heterocycles. The summed E-state index contributed by atoms with van der Waals surface area (Å²) in [6, 6.07) is 10.0. The van der Waals surface area contributed by atoms with Gasteiger partial charge in [-0.15, -0.1) is 0 Å². The van der Waals surface area contributed by atoms with E-state index in [-0.39, 0.29) is 11.0 Å². The van der Waals surface area contributed by atoms with Crippen molar-refractivity contribution in [1.82, 2.24) is 15.8 Å². The molecule has 0 aliphatic heterocycles. The molecule has 0 saturated carbocycles. The smallest absolute Gasteiger partial charge is 0.275 e. The number of hydrazine groups is 1. The molecule has 6 nitrogen and oxygen atoms in total. The molecule has 0 atom stereocenters. The lowest BCUT2D eigenvalue weighted by atomic mass is 9.87. The maximum Gasteiger partial charge on any atom is 0.275 e. The molecule has 2 rings (SSSR count). The zero-order valence-electron chi connectivity index (χ0n) is 13.3. The van der Waals surface area contributed by atoms with Crippen LogP contribution in [0.5, 0.6) is 0 Å². The summed E-state index contributed by atoms with van der Waals surface area (Å²) in [5.41, 5.74) is 5.44. The Morgan fingerprint density at radius 1 is 0.957 bits per heavy atom. The number of hydrogen-bond acceptors (Lipinski definition) is 3. The Hall–Kier alpha value is -2.89. The molecule has 120 valence electrons. The largest absolute Gasteiger partial charge is 0.328 e. The van der Waals surface area contributed by atoms with Crippen LogP contribution in [0, 0.1) is 0 Å². The lowest BCUT2D eigenvalue weighted by molar-refractivity contribution is 0.0846. The molecule has 0 radical (unpaired) electrons. The number of benzene rings is 1. The predicted molar refractivity (Wildman–Crippen MR) is 87.1 cm³/mol. The first-order valence-electron chi connectivity index (χ1n) is 7.18. The van der Waals surface area contributed by atoms with Crippen LogP contribution < -0.4 is 16.4 Å². The number of carbonyl (C=O) groups is 2. The van der Waals surface area contributed by atoms with E-state index >= 15 is 0 Å². The fourth-order valence-corrected chi connectivity index (χ4v) is 1.98. The molecule has 23 heavy (non-hydrogen) atoms. The van der Waals surface area contributed by atoms with Crippen LogP contribution in [0.1, 0.15) is 47.1 Å². The summed E-state index contributed by atoms with van der Waals surface area (Å²) in [5, 5.41) is 0. The summed E-state index contributed by atoms with van der Waals surface area (Å²) in [5.74, 6) is -1.13. The summed E-state index contributed by atoms with van der Waals surface area (Å²) in [7, 11) is 0. The average Bonchev–Trinajstić information content (AvgIpc) is 2.52. The molecule has 0 spiro atoms. The molecule has 0 unspecified atom stereocenters. The van der Waals surface area contributed by atoms with Gasteiger partial charge in [0.05, 0.1) is 0 Å². The molecule has 1 aromatic carbocycles. The van der Waals surface area contributed by atoms with Gasteiger partial charge in [-0.2, -0.15) is 0 Å². The van der Waals surface area contributed by atoms with E-state index < -0.39 is 17.4 Å². The van der Waals surface area contributed by atoms with Crippen LogP contribution in [-0.4, -0.2) is 16.8 Å². The van der Waals surface area contributed by atoms with Crippen molar-refractivity contribution >= 4 is 11.8 Å². The van der Waals surface area contributed by atoms with Crippen molar-refractivity contribution in [3.05, 3.63) is 69.6 Å². The second kappa shape index (κ2) is 6.48. The minimum Gasteiger partial charge on any atom is -0.328 e. The van der Waals surface area contributed by atoms with Crippen LogP contribution in [-0.2, 0) is 5.41 Å². The monoisotopic (exact) mass is 313 g/mol. The van der Waals surface area contributed by atoms with Crippen molar-refractivity contribution in [3.63, 3.8) is 0 Å². The first kappa shape index (κ1) is 16.5. The third-order valence-corrected chi connectivity index (χ3v) is 3.37. The second-order valence-electron chi connectivity index (χ2n) is 6.15.